The lowest BCUT2D eigenvalue weighted by molar-refractivity contribution is -0.154. The highest BCUT2D eigenvalue weighted by atomic mass is 16.5. The SMILES string of the molecule is C=CC/C(C)=C\[C@H](C)[C@H](O)C(=O)OCC. The Balaban J connectivity index is 4.30. The van der Waals surface area contributed by atoms with Gasteiger partial charge in [0.15, 0.2) is 6.10 Å². The molecule has 0 aromatic rings. The summed E-state index contributed by atoms with van der Waals surface area (Å²) >= 11 is 0. The van der Waals surface area contributed by atoms with Gasteiger partial charge in [-0.2, -0.15) is 0 Å². The van der Waals surface area contributed by atoms with E-state index >= 15 is 0 Å². The molecule has 3 heteroatoms. The van der Waals surface area contributed by atoms with E-state index in [-0.39, 0.29) is 12.5 Å². The first-order chi connectivity index (χ1) is 7.02. The highest BCUT2D eigenvalue weighted by molar-refractivity contribution is 5.75. The monoisotopic (exact) mass is 212 g/mol. The Labute approximate surface area is 91.4 Å². The van der Waals surface area contributed by atoms with Gasteiger partial charge in [0, 0.05) is 5.92 Å². The molecule has 0 aliphatic rings. The molecule has 0 aromatic heterocycles. The highest BCUT2D eigenvalue weighted by Gasteiger charge is 2.21. The highest BCUT2D eigenvalue weighted by Crippen LogP contribution is 2.12. The smallest absolute Gasteiger partial charge is 0.335 e. The van der Waals surface area contributed by atoms with Crippen LogP contribution in [0.5, 0.6) is 0 Å². The first-order valence-electron chi connectivity index (χ1n) is 5.15. The summed E-state index contributed by atoms with van der Waals surface area (Å²) in [5, 5.41) is 9.59. The fraction of sp³-hybridized carbons (Fsp3) is 0.583. The van der Waals surface area contributed by atoms with Gasteiger partial charge < -0.3 is 9.84 Å². The number of carbonyl (C=O) groups excluding carboxylic acids is 1. The third-order valence-corrected chi connectivity index (χ3v) is 2.04. The number of aliphatic hydroxyl groups excluding tert-OH is 1. The standard InChI is InChI=1S/C12H20O3/c1-5-7-9(3)8-10(4)11(13)12(14)15-6-2/h5,8,10-11,13H,1,6-7H2,2-4H3/b9-8-/t10-,11-/m0/s1. The summed E-state index contributed by atoms with van der Waals surface area (Å²) in [4.78, 5) is 11.2. The van der Waals surface area contributed by atoms with Crippen molar-refractivity contribution in [2.75, 3.05) is 6.61 Å². The van der Waals surface area contributed by atoms with Crippen LogP contribution in [0.15, 0.2) is 24.3 Å². The van der Waals surface area contributed by atoms with Gasteiger partial charge in [0.2, 0.25) is 0 Å². The van der Waals surface area contributed by atoms with E-state index in [0.29, 0.717) is 0 Å². The fourth-order valence-corrected chi connectivity index (χ4v) is 1.28. The predicted octanol–water partition coefficient (Wildman–Crippen LogP) is 2.07. The molecule has 86 valence electrons. The van der Waals surface area contributed by atoms with Crippen LogP contribution in [0.3, 0.4) is 0 Å². The zero-order valence-corrected chi connectivity index (χ0v) is 9.69. The zero-order chi connectivity index (χ0) is 11.8. The van der Waals surface area contributed by atoms with E-state index in [1.54, 1.807) is 19.9 Å². The number of allylic oxidation sites excluding steroid dienone is 2. The minimum atomic E-state index is -1.08. The minimum Gasteiger partial charge on any atom is -0.464 e. The van der Waals surface area contributed by atoms with Gasteiger partial charge >= 0.3 is 5.97 Å². The third kappa shape index (κ3) is 5.37. The molecule has 0 aromatic carbocycles. The fourth-order valence-electron chi connectivity index (χ4n) is 1.28. The molecule has 0 fully saturated rings. The van der Waals surface area contributed by atoms with Crippen molar-refractivity contribution in [3.63, 3.8) is 0 Å². The van der Waals surface area contributed by atoms with Gasteiger partial charge in [0.05, 0.1) is 6.61 Å². The van der Waals surface area contributed by atoms with E-state index in [9.17, 15) is 9.90 Å². The first-order valence-corrected chi connectivity index (χ1v) is 5.15. The van der Waals surface area contributed by atoms with Gasteiger partial charge in [-0.15, -0.1) is 6.58 Å². The predicted molar refractivity (Wildman–Crippen MR) is 60.4 cm³/mol. The Morgan fingerprint density at radius 2 is 2.20 bits per heavy atom. The van der Waals surface area contributed by atoms with Crippen LogP contribution >= 0.6 is 0 Å². The molecule has 0 aliphatic heterocycles. The van der Waals surface area contributed by atoms with Gasteiger partial charge in [-0.25, -0.2) is 4.79 Å². The quantitative estimate of drug-likeness (QED) is 0.541. The van der Waals surface area contributed by atoms with E-state index in [4.69, 9.17) is 4.74 Å². The largest absolute Gasteiger partial charge is 0.464 e. The molecule has 0 rings (SSSR count). The second-order valence-electron chi connectivity index (χ2n) is 3.56. The number of aliphatic hydroxyl groups is 1. The van der Waals surface area contributed by atoms with Crippen LogP contribution in [0.4, 0.5) is 0 Å². The molecule has 0 saturated heterocycles. The summed E-state index contributed by atoms with van der Waals surface area (Å²) in [5.74, 6) is -0.795. The molecular formula is C12H20O3. The lowest BCUT2D eigenvalue weighted by atomic mass is 10.0. The molecule has 2 atom stereocenters. The summed E-state index contributed by atoms with van der Waals surface area (Å²) in [6.07, 6.45) is 3.34. The van der Waals surface area contributed by atoms with Gasteiger partial charge in [0.1, 0.15) is 0 Å². The molecular weight excluding hydrogens is 192 g/mol. The van der Waals surface area contributed by atoms with E-state index in [0.717, 1.165) is 12.0 Å². The maximum absolute atomic E-state index is 11.2. The number of esters is 1. The molecule has 0 bridgehead atoms. The lowest BCUT2D eigenvalue weighted by Crippen LogP contribution is -2.28. The van der Waals surface area contributed by atoms with Crippen LogP contribution in [0.2, 0.25) is 0 Å². The molecule has 0 amide bonds. The number of hydrogen-bond acceptors (Lipinski definition) is 3. The van der Waals surface area contributed by atoms with Crippen molar-refractivity contribution in [2.45, 2.75) is 33.3 Å². The zero-order valence-electron chi connectivity index (χ0n) is 9.69. The van der Waals surface area contributed by atoms with Crippen LogP contribution in [0.1, 0.15) is 27.2 Å². The molecule has 3 nitrogen and oxygen atoms in total. The number of rotatable bonds is 6. The molecule has 0 heterocycles. The van der Waals surface area contributed by atoms with Crippen molar-refractivity contribution in [1.29, 1.82) is 0 Å². The average Bonchev–Trinajstić information content (AvgIpc) is 2.17. The van der Waals surface area contributed by atoms with Crippen LogP contribution in [0.25, 0.3) is 0 Å². The average molecular weight is 212 g/mol. The molecule has 0 radical (unpaired) electrons. The molecule has 0 unspecified atom stereocenters. The molecule has 0 saturated carbocycles. The Morgan fingerprint density at radius 1 is 1.60 bits per heavy atom. The lowest BCUT2D eigenvalue weighted by Gasteiger charge is -2.14. The number of ether oxygens (including phenoxy) is 1. The summed E-state index contributed by atoms with van der Waals surface area (Å²) in [5.41, 5.74) is 1.08. The van der Waals surface area contributed by atoms with Crippen molar-refractivity contribution in [1.82, 2.24) is 0 Å². The summed E-state index contributed by atoms with van der Waals surface area (Å²) in [6.45, 7) is 9.35. The molecule has 15 heavy (non-hydrogen) atoms. The van der Waals surface area contributed by atoms with E-state index < -0.39 is 12.1 Å². The van der Waals surface area contributed by atoms with Gasteiger partial charge in [0.25, 0.3) is 0 Å². The maximum Gasteiger partial charge on any atom is 0.335 e. The Kier molecular flexibility index (Phi) is 6.71. The van der Waals surface area contributed by atoms with Crippen LogP contribution in [-0.2, 0) is 9.53 Å². The Morgan fingerprint density at radius 3 is 2.67 bits per heavy atom. The normalized spacial score (nSPS) is 15.6. The van der Waals surface area contributed by atoms with Crippen molar-refractivity contribution < 1.29 is 14.6 Å². The Bertz CT molecular complexity index is 243. The van der Waals surface area contributed by atoms with Crippen LogP contribution < -0.4 is 0 Å². The van der Waals surface area contributed by atoms with Gasteiger partial charge in [-0.05, 0) is 20.3 Å². The van der Waals surface area contributed by atoms with E-state index in [1.807, 2.05) is 13.0 Å². The number of hydrogen-bond donors (Lipinski definition) is 1. The minimum absolute atomic E-state index is 0.232. The molecule has 1 N–H and O–H groups in total. The Hall–Kier alpha value is -1.09. The van der Waals surface area contributed by atoms with Crippen molar-refractivity contribution in [3.8, 4) is 0 Å². The first kappa shape index (κ1) is 13.9. The second-order valence-corrected chi connectivity index (χ2v) is 3.56. The number of carbonyl (C=O) groups is 1. The van der Waals surface area contributed by atoms with Gasteiger partial charge in [-0.1, -0.05) is 24.6 Å². The summed E-state index contributed by atoms with van der Waals surface area (Å²) in [7, 11) is 0. The topological polar surface area (TPSA) is 46.5 Å². The summed E-state index contributed by atoms with van der Waals surface area (Å²) < 4.78 is 4.73. The maximum atomic E-state index is 11.2. The van der Waals surface area contributed by atoms with Gasteiger partial charge in [-0.3, -0.25) is 0 Å². The second kappa shape index (κ2) is 7.23. The molecule has 0 aliphatic carbocycles. The van der Waals surface area contributed by atoms with E-state index in [2.05, 4.69) is 6.58 Å². The molecule has 0 spiro atoms. The van der Waals surface area contributed by atoms with Crippen molar-refractivity contribution in [2.24, 2.45) is 5.92 Å². The van der Waals surface area contributed by atoms with Crippen molar-refractivity contribution in [3.05, 3.63) is 24.3 Å². The summed E-state index contributed by atoms with van der Waals surface area (Å²) in [6, 6.07) is 0. The van der Waals surface area contributed by atoms with Crippen LogP contribution in [-0.4, -0.2) is 23.8 Å². The third-order valence-electron chi connectivity index (χ3n) is 2.04. The van der Waals surface area contributed by atoms with Crippen LogP contribution in [0, 0.1) is 5.92 Å². The van der Waals surface area contributed by atoms with Crippen molar-refractivity contribution >= 4 is 5.97 Å². The van der Waals surface area contributed by atoms with E-state index in [1.165, 1.54) is 0 Å².